The van der Waals surface area contributed by atoms with E-state index in [0.29, 0.717) is 35.3 Å². The molecule has 25 heavy (non-hydrogen) atoms. The third kappa shape index (κ3) is 3.56. The molecule has 0 amide bonds. The fourth-order valence-electron chi connectivity index (χ4n) is 2.46. The molecule has 0 aliphatic rings. The fourth-order valence-corrected chi connectivity index (χ4v) is 2.46. The monoisotopic (exact) mass is 337 g/mol. The summed E-state index contributed by atoms with van der Waals surface area (Å²) in [6.07, 6.45) is 0. The van der Waals surface area contributed by atoms with E-state index < -0.39 is 0 Å². The average molecular weight is 337 g/mol. The molecule has 6 heteroatoms. The molecule has 0 saturated carbocycles. The van der Waals surface area contributed by atoms with Crippen molar-refractivity contribution in [3.63, 3.8) is 0 Å². The van der Waals surface area contributed by atoms with E-state index in [2.05, 4.69) is 6.07 Å². The van der Waals surface area contributed by atoms with Gasteiger partial charge in [-0.05, 0) is 29.8 Å². The first-order chi connectivity index (χ1) is 12.1. The van der Waals surface area contributed by atoms with E-state index in [0.717, 1.165) is 5.56 Å². The Hall–Kier alpha value is -3.46. The minimum absolute atomic E-state index is 0.316. The Morgan fingerprint density at radius 3 is 2.52 bits per heavy atom. The molecule has 0 unspecified atom stereocenters. The summed E-state index contributed by atoms with van der Waals surface area (Å²) in [5.74, 6) is 1.22. The Morgan fingerprint density at radius 2 is 1.84 bits per heavy atom. The number of nitriles is 1. The molecule has 0 aliphatic carbocycles. The van der Waals surface area contributed by atoms with Gasteiger partial charge < -0.3 is 15.2 Å². The van der Waals surface area contributed by atoms with Crippen LogP contribution in [-0.2, 0) is 6.54 Å². The molecule has 0 bridgehead atoms. The third-order valence-electron chi connectivity index (χ3n) is 3.70. The number of benzene rings is 2. The van der Waals surface area contributed by atoms with Crippen LogP contribution < -0.4 is 15.2 Å². The summed E-state index contributed by atoms with van der Waals surface area (Å²) >= 11 is 0. The van der Waals surface area contributed by atoms with E-state index in [4.69, 9.17) is 15.2 Å². The van der Waals surface area contributed by atoms with Crippen LogP contribution in [0.25, 0.3) is 0 Å². The number of ether oxygens (including phenoxy) is 2. The first-order valence-corrected chi connectivity index (χ1v) is 7.56. The van der Waals surface area contributed by atoms with Crippen molar-refractivity contribution >= 4 is 5.69 Å². The van der Waals surface area contributed by atoms with Crippen LogP contribution in [0.1, 0.15) is 11.3 Å². The van der Waals surface area contributed by atoms with Crippen LogP contribution in [0.2, 0.25) is 0 Å². The Bertz CT molecular complexity index is 927. The Labute approximate surface area is 144 Å². The molecule has 2 N–H and O–H groups in total. The van der Waals surface area contributed by atoms with E-state index in [-0.39, 0.29) is 5.82 Å². The molecule has 0 fully saturated rings. The number of hydrogen-bond donors (Lipinski definition) is 1. The number of aromatic nitrogens is 1. The third-order valence-corrected chi connectivity index (χ3v) is 3.70. The normalized spacial score (nSPS) is 10.3. The van der Waals surface area contributed by atoms with Gasteiger partial charge in [-0.15, -0.1) is 0 Å². The first kappa shape index (κ1) is 16.4. The fraction of sp³-hybridized carbons (Fsp3) is 0.105. The number of hydrogen-bond acceptors (Lipinski definition) is 4. The van der Waals surface area contributed by atoms with Crippen molar-refractivity contribution in [1.82, 2.24) is 4.57 Å². The van der Waals surface area contributed by atoms with Gasteiger partial charge in [0, 0.05) is 12.1 Å². The van der Waals surface area contributed by atoms with Crippen LogP contribution in [0, 0.1) is 17.1 Å². The summed E-state index contributed by atoms with van der Waals surface area (Å²) in [6.45, 7) is 0.333. The summed E-state index contributed by atoms with van der Waals surface area (Å²) < 4.78 is 25.8. The lowest BCUT2D eigenvalue weighted by Crippen LogP contribution is -2.05. The topological polar surface area (TPSA) is 73.2 Å². The molecular formula is C19H16FN3O2. The summed E-state index contributed by atoms with van der Waals surface area (Å²) in [5, 5.41) is 9.36. The van der Waals surface area contributed by atoms with E-state index in [1.54, 1.807) is 54.1 Å². The highest BCUT2D eigenvalue weighted by Crippen LogP contribution is 2.33. The predicted octanol–water partition coefficient (Wildman–Crippen LogP) is 3.93. The molecule has 0 saturated heterocycles. The van der Waals surface area contributed by atoms with Gasteiger partial charge in [0.25, 0.3) is 0 Å². The van der Waals surface area contributed by atoms with E-state index in [1.165, 1.54) is 12.1 Å². The van der Waals surface area contributed by atoms with Crippen LogP contribution in [-0.4, -0.2) is 11.7 Å². The molecule has 3 aromatic rings. The Kier molecular flexibility index (Phi) is 4.57. The molecular weight excluding hydrogens is 321 g/mol. The zero-order valence-corrected chi connectivity index (χ0v) is 13.6. The molecule has 0 aliphatic heterocycles. The molecule has 3 rings (SSSR count). The summed E-state index contributed by atoms with van der Waals surface area (Å²) in [7, 11) is 1.57. The van der Waals surface area contributed by atoms with Crippen molar-refractivity contribution in [3.8, 4) is 23.4 Å². The van der Waals surface area contributed by atoms with Crippen molar-refractivity contribution < 1.29 is 13.9 Å². The molecule has 0 spiro atoms. The average Bonchev–Trinajstić information content (AvgIpc) is 2.92. The van der Waals surface area contributed by atoms with Gasteiger partial charge in [-0.2, -0.15) is 5.26 Å². The van der Waals surface area contributed by atoms with Gasteiger partial charge in [-0.3, -0.25) is 4.57 Å². The zero-order chi connectivity index (χ0) is 17.8. The second kappa shape index (κ2) is 6.97. The highest BCUT2D eigenvalue weighted by atomic mass is 19.1. The highest BCUT2D eigenvalue weighted by molar-refractivity contribution is 5.57. The molecule has 2 aromatic carbocycles. The standard InChI is InChI=1S/C19H16FN3O2/c1-24-16-3-2-4-17(10-16)25-19-18(22)9-15(11-21)23(19)12-13-5-7-14(20)8-6-13/h2-10H,12,22H2,1H3. The molecule has 1 heterocycles. The maximum absolute atomic E-state index is 13.1. The zero-order valence-electron chi connectivity index (χ0n) is 13.6. The van der Waals surface area contributed by atoms with Crippen molar-refractivity contribution in [3.05, 3.63) is 71.7 Å². The van der Waals surface area contributed by atoms with Gasteiger partial charge in [-0.1, -0.05) is 18.2 Å². The maximum atomic E-state index is 13.1. The maximum Gasteiger partial charge on any atom is 0.224 e. The van der Waals surface area contributed by atoms with Crippen LogP contribution in [0.5, 0.6) is 17.4 Å². The lowest BCUT2D eigenvalue weighted by Gasteiger charge is -2.13. The lowest BCUT2D eigenvalue weighted by atomic mass is 10.2. The van der Waals surface area contributed by atoms with Crippen LogP contribution in [0.15, 0.2) is 54.6 Å². The van der Waals surface area contributed by atoms with Crippen molar-refractivity contribution in [2.75, 3.05) is 12.8 Å². The van der Waals surface area contributed by atoms with Gasteiger partial charge in [0.15, 0.2) is 0 Å². The number of nitrogens with zero attached hydrogens (tertiary/aromatic N) is 2. The number of anilines is 1. The first-order valence-electron chi connectivity index (χ1n) is 7.56. The molecule has 126 valence electrons. The van der Waals surface area contributed by atoms with E-state index in [1.807, 2.05) is 0 Å². The second-order valence-electron chi connectivity index (χ2n) is 5.40. The van der Waals surface area contributed by atoms with Gasteiger partial charge in [-0.25, -0.2) is 4.39 Å². The van der Waals surface area contributed by atoms with Crippen molar-refractivity contribution in [2.45, 2.75) is 6.54 Å². The minimum Gasteiger partial charge on any atom is -0.497 e. The van der Waals surface area contributed by atoms with Crippen LogP contribution in [0.4, 0.5) is 10.1 Å². The number of methoxy groups -OCH3 is 1. The lowest BCUT2D eigenvalue weighted by molar-refractivity contribution is 0.403. The molecule has 0 atom stereocenters. The Morgan fingerprint density at radius 1 is 1.12 bits per heavy atom. The number of nitrogen functional groups attached to an aromatic ring is 1. The smallest absolute Gasteiger partial charge is 0.224 e. The second-order valence-corrected chi connectivity index (χ2v) is 5.40. The molecule has 0 radical (unpaired) electrons. The van der Waals surface area contributed by atoms with Gasteiger partial charge in [0.05, 0.1) is 19.3 Å². The largest absolute Gasteiger partial charge is 0.497 e. The highest BCUT2D eigenvalue weighted by Gasteiger charge is 2.16. The number of rotatable bonds is 5. The number of halogens is 1. The molecule has 1 aromatic heterocycles. The Balaban J connectivity index is 1.97. The van der Waals surface area contributed by atoms with Crippen LogP contribution >= 0.6 is 0 Å². The summed E-state index contributed by atoms with van der Waals surface area (Å²) in [6, 6.07) is 16.8. The summed E-state index contributed by atoms with van der Waals surface area (Å²) in [4.78, 5) is 0. The van der Waals surface area contributed by atoms with Crippen molar-refractivity contribution in [1.29, 1.82) is 5.26 Å². The quantitative estimate of drug-likeness (QED) is 0.765. The minimum atomic E-state index is -0.316. The molecule has 5 nitrogen and oxygen atoms in total. The summed E-state index contributed by atoms with van der Waals surface area (Å²) in [5.41, 5.74) is 7.56. The van der Waals surface area contributed by atoms with Crippen molar-refractivity contribution in [2.24, 2.45) is 0 Å². The van der Waals surface area contributed by atoms with Gasteiger partial charge in [0.2, 0.25) is 5.88 Å². The van der Waals surface area contributed by atoms with E-state index in [9.17, 15) is 9.65 Å². The SMILES string of the molecule is COc1cccc(Oc2c(N)cc(C#N)n2Cc2ccc(F)cc2)c1. The van der Waals surface area contributed by atoms with Crippen LogP contribution in [0.3, 0.4) is 0 Å². The predicted molar refractivity (Wildman–Crippen MR) is 92.1 cm³/mol. The van der Waals surface area contributed by atoms with E-state index >= 15 is 0 Å². The van der Waals surface area contributed by atoms with Gasteiger partial charge in [0.1, 0.15) is 29.1 Å². The van der Waals surface area contributed by atoms with Gasteiger partial charge >= 0.3 is 0 Å². The number of nitrogens with two attached hydrogens (primary N) is 1.